The Morgan fingerprint density at radius 3 is 1.36 bits per heavy atom. The van der Waals surface area contributed by atoms with Gasteiger partial charge in [0.05, 0.1) is 13.2 Å². The fourth-order valence-electron chi connectivity index (χ4n) is 6.81. The predicted octanol–water partition coefficient (Wildman–Crippen LogP) is 14.5. The van der Waals surface area contributed by atoms with Crippen LogP contribution in [0.25, 0.3) is 0 Å². The monoisotopic (exact) mass is 854 g/mol. The van der Waals surface area contributed by atoms with Crippen LogP contribution in [0.5, 0.6) is 0 Å². The number of allylic oxidation sites excluding steroid dienone is 6. The van der Waals surface area contributed by atoms with Crippen LogP contribution in [0, 0.1) is 0 Å². The fourth-order valence-corrected chi connectivity index (χ4v) is 7.58. The van der Waals surface area contributed by atoms with Gasteiger partial charge in [-0.1, -0.05) is 192 Å². The van der Waals surface area contributed by atoms with E-state index < -0.39 is 32.5 Å². The van der Waals surface area contributed by atoms with Crippen LogP contribution in [0.4, 0.5) is 0 Å². The molecule has 0 aliphatic carbocycles. The number of nitrogens with two attached hydrogens (primary N) is 1. The molecule has 0 spiro atoms. The molecule has 2 atom stereocenters. The van der Waals surface area contributed by atoms with Gasteiger partial charge in [-0.25, -0.2) is 4.57 Å². The van der Waals surface area contributed by atoms with E-state index in [1.807, 2.05) is 0 Å². The Labute approximate surface area is 363 Å². The van der Waals surface area contributed by atoms with Crippen LogP contribution in [-0.2, 0) is 32.7 Å². The Bertz CT molecular complexity index is 1060. The van der Waals surface area contributed by atoms with E-state index in [1.165, 1.54) is 148 Å². The lowest BCUT2D eigenvalue weighted by Gasteiger charge is -2.19. The molecule has 0 saturated heterocycles. The average molecular weight is 854 g/mol. The van der Waals surface area contributed by atoms with E-state index in [0.717, 1.165) is 44.9 Å². The van der Waals surface area contributed by atoms with E-state index in [-0.39, 0.29) is 32.6 Å². The third-order valence-corrected chi connectivity index (χ3v) is 11.5. The van der Waals surface area contributed by atoms with Crippen molar-refractivity contribution in [2.24, 2.45) is 5.73 Å². The second-order valence-electron chi connectivity index (χ2n) is 16.3. The minimum absolute atomic E-state index is 0.0484. The van der Waals surface area contributed by atoms with Crippen LogP contribution in [0.2, 0.25) is 0 Å². The zero-order chi connectivity index (χ0) is 43.2. The van der Waals surface area contributed by atoms with Gasteiger partial charge in [0, 0.05) is 19.4 Å². The number of carbonyl (C=O) groups is 2. The quantitative estimate of drug-likeness (QED) is 0.0265. The lowest BCUT2D eigenvalue weighted by molar-refractivity contribution is -0.161. The molecule has 0 aliphatic rings. The number of hydrogen-bond donors (Lipinski definition) is 2. The summed E-state index contributed by atoms with van der Waals surface area (Å²) in [7, 11) is -4.39. The number of phosphoric ester groups is 1. The van der Waals surface area contributed by atoms with Gasteiger partial charge in [0.25, 0.3) is 0 Å². The molecule has 0 radical (unpaired) electrons. The maximum atomic E-state index is 12.6. The van der Waals surface area contributed by atoms with Gasteiger partial charge in [-0.15, -0.1) is 0 Å². The normalized spacial score (nSPS) is 13.5. The van der Waals surface area contributed by atoms with E-state index >= 15 is 0 Å². The lowest BCUT2D eigenvalue weighted by atomic mass is 10.0. The van der Waals surface area contributed by atoms with E-state index in [4.69, 9.17) is 24.3 Å². The van der Waals surface area contributed by atoms with Gasteiger partial charge in [0.15, 0.2) is 6.10 Å². The third kappa shape index (κ3) is 45.6. The Morgan fingerprint density at radius 2 is 0.881 bits per heavy atom. The fraction of sp³-hybridized carbons (Fsp3) is 0.837. The van der Waals surface area contributed by atoms with Crippen LogP contribution in [-0.4, -0.2) is 49.3 Å². The smallest absolute Gasteiger partial charge is 0.462 e. The van der Waals surface area contributed by atoms with Gasteiger partial charge in [-0.05, 0) is 64.2 Å². The van der Waals surface area contributed by atoms with Crippen molar-refractivity contribution in [3.05, 3.63) is 36.5 Å². The van der Waals surface area contributed by atoms with Crippen molar-refractivity contribution in [3.8, 4) is 0 Å². The molecule has 0 aromatic heterocycles. The van der Waals surface area contributed by atoms with Crippen molar-refractivity contribution in [2.75, 3.05) is 26.4 Å². The van der Waals surface area contributed by atoms with Crippen molar-refractivity contribution in [2.45, 2.75) is 238 Å². The largest absolute Gasteiger partial charge is 0.472 e. The van der Waals surface area contributed by atoms with E-state index in [2.05, 4.69) is 50.3 Å². The minimum Gasteiger partial charge on any atom is -0.462 e. The Kier molecular flexibility index (Phi) is 44.4. The van der Waals surface area contributed by atoms with E-state index in [9.17, 15) is 19.0 Å². The summed E-state index contributed by atoms with van der Waals surface area (Å²) in [4.78, 5) is 34.9. The Morgan fingerprint density at radius 1 is 0.492 bits per heavy atom. The zero-order valence-corrected chi connectivity index (χ0v) is 39.1. The van der Waals surface area contributed by atoms with Crippen LogP contribution < -0.4 is 5.73 Å². The lowest BCUT2D eigenvalue weighted by Crippen LogP contribution is -2.29. The number of unbranched alkanes of at least 4 members (excludes halogenated alkanes) is 27. The molecule has 0 aromatic rings. The number of esters is 2. The van der Waals surface area contributed by atoms with Crippen molar-refractivity contribution in [1.29, 1.82) is 0 Å². The summed E-state index contributed by atoms with van der Waals surface area (Å²) >= 11 is 0. The second kappa shape index (κ2) is 45.7. The summed E-state index contributed by atoms with van der Waals surface area (Å²) in [6.45, 7) is 3.69. The molecule has 0 saturated carbocycles. The summed E-state index contributed by atoms with van der Waals surface area (Å²) in [5.41, 5.74) is 5.35. The van der Waals surface area contributed by atoms with Crippen LogP contribution in [0.1, 0.15) is 232 Å². The first-order valence-electron chi connectivity index (χ1n) is 24.5. The molecule has 0 heterocycles. The van der Waals surface area contributed by atoms with Crippen molar-refractivity contribution in [3.63, 3.8) is 0 Å². The molecule has 9 nitrogen and oxygen atoms in total. The average Bonchev–Trinajstić information content (AvgIpc) is 3.22. The Balaban J connectivity index is 4.09. The van der Waals surface area contributed by atoms with Gasteiger partial charge in [0.1, 0.15) is 6.61 Å². The molecule has 346 valence electrons. The predicted molar refractivity (Wildman–Crippen MR) is 247 cm³/mol. The number of phosphoric acid groups is 1. The summed E-state index contributed by atoms with van der Waals surface area (Å²) in [5.74, 6) is -0.875. The molecule has 0 aromatic carbocycles. The second-order valence-corrected chi connectivity index (χ2v) is 17.8. The molecule has 3 N–H and O–H groups in total. The third-order valence-electron chi connectivity index (χ3n) is 10.5. The maximum Gasteiger partial charge on any atom is 0.472 e. The summed E-state index contributed by atoms with van der Waals surface area (Å²) in [6, 6.07) is 0. The van der Waals surface area contributed by atoms with Gasteiger partial charge in [0.2, 0.25) is 0 Å². The molecule has 10 heteroatoms. The molecule has 0 fully saturated rings. The maximum absolute atomic E-state index is 12.6. The standard InChI is InChI=1S/C49H92NO8P/c1-3-5-7-9-11-13-15-17-19-20-21-22-23-24-25-26-28-29-31-33-35-37-39-41-48(51)55-45-47(46-57-59(53,54)56-44-43-50)58-49(52)42-40-38-36-34-32-30-27-18-16-14-12-10-8-6-4-2/h10,12,26,28,33,35,47H,3-9,11,13-25,27,29-32,34,36-46,50H2,1-2H3,(H,53,54)/b12-10+,28-26+,35-33+/t47-/m0/s1. The zero-order valence-electron chi connectivity index (χ0n) is 38.2. The highest BCUT2D eigenvalue weighted by Gasteiger charge is 2.26. The SMILES string of the molecule is CCCC/C=C/CCCCCCCCCCCC(=O)O[C@@H](COC(=O)CCC/C=C/CC/C=C/CCCCCCCCCCCCCCCC)COP(=O)(O)OCCN. The highest BCUT2D eigenvalue weighted by atomic mass is 31.2. The Hall–Kier alpha value is -1.77. The van der Waals surface area contributed by atoms with Crippen LogP contribution in [0.15, 0.2) is 36.5 Å². The first-order chi connectivity index (χ1) is 28.8. The van der Waals surface area contributed by atoms with E-state index in [0.29, 0.717) is 12.8 Å². The number of carbonyl (C=O) groups excluding carboxylic acids is 2. The van der Waals surface area contributed by atoms with Gasteiger partial charge >= 0.3 is 19.8 Å². The first kappa shape index (κ1) is 57.2. The molecule has 0 rings (SSSR count). The summed E-state index contributed by atoms with van der Waals surface area (Å²) in [5, 5.41) is 0. The van der Waals surface area contributed by atoms with Gasteiger partial charge < -0.3 is 20.1 Å². The van der Waals surface area contributed by atoms with Gasteiger partial charge in [-0.2, -0.15) is 0 Å². The first-order valence-corrected chi connectivity index (χ1v) is 26.0. The molecular formula is C49H92NO8P. The molecule has 0 bridgehead atoms. The topological polar surface area (TPSA) is 134 Å². The van der Waals surface area contributed by atoms with Crippen molar-refractivity contribution >= 4 is 19.8 Å². The van der Waals surface area contributed by atoms with Crippen LogP contribution in [0.3, 0.4) is 0 Å². The molecule has 1 unspecified atom stereocenters. The van der Waals surface area contributed by atoms with Gasteiger partial charge in [-0.3, -0.25) is 18.6 Å². The highest BCUT2D eigenvalue weighted by Crippen LogP contribution is 2.43. The van der Waals surface area contributed by atoms with E-state index in [1.54, 1.807) is 0 Å². The molecule has 0 amide bonds. The molecule has 0 aliphatic heterocycles. The number of rotatable bonds is 46. The molecular weight excluding hydrogens is 762 g/mol. The number of hydrogen-bond acceptors (Lipinski definition) is 8. The highest BCUT2D eigenvalue weighted by molar-refractivity contribution is 7.47. The number of ether oxygens (including phenoxy) is 2. The minimum atomic E-state index is -4.39. The summed E-state index contributed by atoms with van der Waals surface area (Å²) in [6.07, 6.45) is 51.9. The van der Waals surface area contributed by atoms with Crippen LogP contribution >= 0.6 is 7.82 Å². The summed E-state index contributed by atoms with van der Waals surface area (Å²) < 4.78 is 32.8. The van der Waals surface area contributed by atoms with Crippen molar-refractivity contribution < 1.29 is 37.6 Å². The molecule has 59 heavy (non-hydrogen) atoms. The van der Waals surface area contributed by atoms with Crippen molar-refractivity contribution in [1.82, 2.24) is 0 Å².